The van der Waals surface area contributed by atoms with Crippen molar-refractivity contribution in [2.75, 3.05) is 0 Å². The fourth-order valence-electron chi connectivity index (χ4n) is 3.41. The Morgan fingerprint density at radius 2 is 1.90 bits per heavy atom. The van der Waals surface area contributed by atoms with Gasteiger partial charge in [-0.05, 0) is 48.3 Å². The predicted molar refractivity (Wildman–Crippen MR) is 83.2 cm³/mol. The molecule has 0 spiro atoms. The number of halogens is 1. The van der Waals surface area contributed by atoms with Crippen LogP contribution in [-0.4, -0.2) is 6.04 Å². The zero-order valence-electron chi connectivity index (χ0n) is 13.3. The normalized spacial score (nSPS) is 23.9. The van der Waals surface area contributed by atoms with Crippen molar-refractivity contribution >= 4 is 0 Å². The van der Waals surface area contributed by atoms with Crippen LogP contribution in [0.2, 0.25) is 0 Å². The van der Waals surface area contributed by atoms with E-state index in [-0.39, 0.29) is 5.82 Å². The largest absolute Gasteiger partial charge is 0.310 e. The van der Waals surface area contributed by atoms with Crippen molar-refractivity contribution in [2.24, 2.45) is 11.3 Å². The molecule has 0 radical (unpaired) electrons. The Balaban J connectivity index is 1.99. The van der Waals surface area contributed by atoms with E-state index in [0.717, 1.165) is 17.7 Å². The van der Waals surface area contributed by atoms with Crippen molar-refractivity contribution in [1.29, 1.82) is 0 Å². The van der Waals surface area contributed by atoms with Gasteiger partial charge >= 0.3 is 0 Å². The molecule has 0 saturated heterocycles. The number of hydrogen-bond donors (Lipinski definition) is 1. The highest BCUT2D eigenvalue weighted by Gasteiger charge is 2.33. The number of hydrogen-bond acceptors (Lipinski definition) is 1. The van der Waals surface area contributed by atoms with E-state index in [4.69, 9.17) is 0 Å². The van der Waals surface area contributed by atoms with Gasteiger partial charge in [-0.25, -0.2) is 4.39 Å². The molecular formula is C18H28FN. The molecule has 112 valence electrons. The van der Waals surface area contributed by atoms with Gasteiger partial charge in [0.2, 0.25) is 0 Å². The van der Waals surface area contributed by atoms with Gasteiger partial charge in [-0.3, -0.25) is 0 Å². The second-order valence-corrected chi connectivity index (χ2v) is 7.33. The average molecular weight is 277 g/mol. The van der Waals surface area contributed by atoms with Crippen molar-refractivity contribution < 1.29 is 4.39 Å². The first-order valence-corrected chi connectivity index (χ1v) is 7.86. The summed E-state index contributed by atoms with van der Waals surface area (Å²) in [4.78, 5) is 0. The maximum atomic E-state index is 13.6. The zero-order valence-corrected chi connectivity index (χ0v) is 13.3. The van der Waals surface area contributed by atoms with Gasteiger partial charge in [0.1, 0.15) is 5.82 Å². The minimum absolute atomic E-state index is 0.0969. The summed E-state index contributed by atoms with van der Waals surface area (Å²) >= 11 is 0. The van der Waals surface area contributed by atoms with Gasteiger partial charge in [-0.2, -0.15) is 0 Å². The Labute approximate surface area is 123 Å². The third kappa shape index (κ3) is 3.82. The molecule has 2 atom stereocenters. The molecule has 2 heteroatoms. The maximum absolute atomic E-state index is 13.6. The van der Waals surface area contributed by atoms with Crippen LogP contribution in [0.1, 0.15) is 57.6 Å². The van der Waals surface area contributed by atoms with Crippen LogP contribution in [0.15, 0.2) is 18.2 Å². The second-order valence-electron chi connectivity index (χ2n) is 7.33. The molecule has 2 unspecified atom stereocenters. The molecule has 0 bridgehead atoms. The minimum Gasteiger partial charge on any atom is -0.310 e. The van der Waals surface area contributed by atoms with E-state index in [1.807, 2.05) is 19.1 Å². The Kier molecular flexibility index (Phi) is 4.85. The number of rotatable bonds is 3. The van der Waals surface area contributed by atoms with Gasteiger partial charge in [0, 0.05) is 12.6 Å². The van der Waals surface area contributed by atoms with E-state index in [1.54, 1.807) is 6.07 Å². The van der Waals surface area contributed by atoms with Crippen molar-refractivity contribution in [3.05, 3.63) is 35.1 Å². The summed E-state index contributed by atoms with van der Waals surface area (Å²) in [7, 11) is 0. The lowest BCUT2D eigenvalue weighted by Crippen LogP contribution is -2.43. The Bertz CT molecular complexity index is 447. The van der Waals surface area contributed by atoms with Gasteiger partial charge in [0.15, 0.2) is 0 Å². The van der Waals surface area contributed by atoms with Crippen LogP contribution in [0.4, 0.5) is 4.39 Å². The highest BCUT2D eigenvalue weighted by Crippen LogP contribution is 2.38. The monoisotopic (exact) mass is 277 g/mol. The molecule has 1 aromatic carbocycles. The zero-order chi connectivity index (χ0) is 14.8. The molecule has 0 aromatic heterocycles. The minimum atomic E-state index is -0.0969. The predicted octanol–water partition coefficient (Wildman–Crippen LogP) is 4.83. The quantitative estimate of drug-likeness (QED) is 0.834. The van der Waals surface area contributed by atoms with Crippen molar-refractivity contribution in [3.8, 4) is 0 Å². The molecule has 0 aliphatic heterocycles. The molecule has 2 rings (SSSR count). The molecule has 20 heavy (non-hydrogen) atoms. The van der Waals surface area contributed by atoms with E-state index < -0.39 is 0 Å². The van der Waals surface area contributed by atoms with Gasteiger partial charge in [-0.15, -0.1) is 0 Å². The average Bonchev–Trinajstić information content (AvgIpc) is 2.39. The topological polar surface area (TPSA) is 12.0 Å². The first-order chi connectivity index (χ1) is 9.38. The third-order valence-corrected chi connectivity index (χ3v) is 4.68. The summed E-state index contributed by atoms with van der Waals surface area (Å²) in [6, 6.07) is 6.12. The molecule has 1 aliphatic rings. The van der Waals surface area contributed by atoms with E-state index >= 15 is 0 Å². The molecule has 1 N–H and O–H groups in total. The standard InChI is InChI=1S/C18H28FN/c1-13-9-10-14(11-16(13)19)12-20-17-8-6-5-7-15(17)18(2,3)4/h9-11,15,17,20H,5-8,12H2,1-4H3. The SMILES string of the molecule is Cc1ccc(CNC2CCCCC2C(C)(C)C)cc1F. The van der Waals surface area contributed by atoms with Crippen LogP contribution in [0.25, 0.3) is 0 Å². The fourth-order valence-corrected chi connectivity index (χ4v) is 3.41. The van der Waals surface area contributed by atoms with Crippen LogP contribution in [0.5, 0.6) is 0 Å². The van der Waals surface area contributed by atoms with E-state index in [1.165, 1.54) is 25.7 Å². The van der Waals surface area contributed by atoms with Crippen LogP contribution >= 0.6 is 0 Å². The highest BCUT2D eigenvalue weighted by atomic mass is 19.1. The Morgan fingerprint density at radius 3 is 2.55 bits per heavy atom. The maximum Gasteiger partial charge on any atom is 0.126 e. The summed E-state index contributed by atoms with van der Waals surface area (Å²) in [5.41, 5.74) is 2.11. The first-order valence-electron chi connectivity index (χ1n) is 7.86. The second kappa shape index (κ2) is 6.26. The molecule has 1 saturated carbocycles. The lowest BCUT2D eigenvalue weighted by atomic mass is 9.69. The Morgan fingerprint density at radius 1 is 1.20 bits per heavy atom. The molecule has 1 fully saturated rings. The lowest BCUT2D eigenvalue weighted by molar-refractivity contribution is 0.130. The number of benzene rings is 1. The smallest absolute Gasteiger partial charge is 0.126 e. The Hall–Kier alpha value is -0.890. The van der Waals surface area contributed by atoms with Crippen LogP contribution in [0, 0.1) is 24.1 Å². The van der Waals surface area contributed by atoms with Gasteiger partial charge in [0.25, 0.3) is 0 Å². The molecule has 1 aromatic rings. The van der Waals surface area contributed by atoms with Gasteiger partial charge in [0.05, 0.1) is 0 Å². The summed E-state index contributed by atoms with van der Waals surface area (Å²) in [5.74, 6) is 0.617. The highest BCUT2D eigenvalue weighted by molar-refractivity contribution is 5.23. The fraction of sp³-hybridized carbons (Fsp3) is 0.667. The summed E-state index contributed by atoms with van der Waals surface area (Å²) < 4.78 is 13.6. The van der Waals surface area contributed by atoms with Crippen LogP contribution in [-0.2, 0) is 6.54 Å². The summed E-state index contributed by atoms with van der Waals surface area (Å²) in [6.45, 7) is 9.59. The summed E-state index contributed by atoms with van der Waals surface area (Å²) in [6.07, 6.45) is 5.21. The van der Waals surface area contributed by atoms with Crippen LogP contribution in [0.3, 0.4) is 0 Å². The molecule has 0 amide bonds. The van der Waals surface area contributed by atoms with E-state index in [2.05, 4.69) is 26.1 Å². The van der Waals surface area contributed by atoms with Gasteiger partial charge < -0.3 is 5.32 Å². The van der Waals surface area contributed by atoms with Crippen molar-refractivity contribution in [3.63, 3.8) is 0 Å². The van der Waals surface area contributed by atoms with Crippen molar-refractivity contribution in [1.82, 2.24) is 5.32 Å². The first kappa shape index (κ1) is 15.5. The molecular weight excluding hydrogens is 249 g/mol. The number of nitrogens with one attached hydrogen (secondary N) is 1. The van der Waals surface area contributed by atoms with Gasteiger partial charge in [-0.1, -0.05) is 45.7 Å². The third-order valence-electron chi connectivity index (χ3n) is 4.68. The molecule has 1 aliphatic carbocycles. The van der Waals surface area contributed by atoms with E-state index in [9.17, 15) is 4.39 Å². The number of aryl methyl sites for hydroxylation is 1. The summed E-state index contributed by atoms with van der Waals surface area (Å²) in [5, 5.41) is 3.67. The van der Waals surface area contributed by atoms with E-state index in [0.29, 0.717) is 17.4 Å². The van der Waals surface area contributed by atoms with Crippen molar-refractivity contribution in [2.45, 2.75) is 66.0 Å². The molecule has 0 heterocycles. The van der Waals surface area contributed by atoms with Crippen LogP contribution < -0.4 is 5.32 Å². The lowest BCUT2D eigenvalue weighted by Gasteiger charge is -2.41. The molecule has 1 nitrogen and oxygen atoms in total.